The lowest BCUT2D eigenvalue weighted by molar-refractivity contribution is -0.136. The fourth-order valence-electron chi connectivity index (χ4n) is 6.02. The minimum atomic E-state index is -0.866. The molecular weight excluding hydrogens is 610 g/mol. The Labute approximate surface area is 262 Å². The first-order valence-electron chi connectivity index (χ1n) is 14.4. The summed E-state index contributed by atoms with van der Waals surface area (Å²) in [6.07, 6.45) is 3.34. The molecule has 3 aliphatic rings. The smallest absolute Gasteiger partial charge is 0.338 e. The molecule has 0 aliphatic carbocycles. The molecule has 2 saturated heterocycles. The number of ether oxygens (including phenoxy) is 1. The zero-order chi connectivity index (χ0) is 31.0. The van der Waals surface area contributed by atoms with Crippen molar-refractivity contribution in [2.24, 2.45) is 4.99 Å². The van der Waals surface area contributed by atoms with Crippen LogP contribution in [0.1, 0.15) is 35.5 Å². The van der Waals surface area contributed by atoms with E-state index < -0.39 is 23.6 Å². The van der Waals surface area contributed by atoms with Gasteiger partial charge in [0.25, 0.3) is 0 Å². The van der Waals surface area contributed by atoms with Crippen LogP contribution in [0.25, 0.3) is 0 Å². The van der Waals surface area contributed by atoms with Crippen LogP contribution >= 0.6 is 22.9 Å². The van der Waals surface area contributed by atoms with Crippen molar-refractivity contribution in [3.63, 3.8) is 0 Å². The highest BCUT2D eigenvalue weighted by Gasteiger charge is 2.43. The maximum absolute atomic E-state index is 15.1. The van der Waals surface area contributed by atoms with E-state index in [4.69, 9.17) is 21.3 Å². The number of benzene rings is 2. The Bertz CT molecular complexity index is 1650. The van der Waals surface area contributed by atoms with Crippen LogP contribution in [0.4, 0.5) is 19.3 Å². The molecule has 13 heteroatoms. The molecule has 3 aliphatic heterocycles. The number of hydrogen-bond donors (Lipinski definition) is 1. The molecule has 2 atom stereocenters. The number of thiazole rings is 1. The van der Waals surface area contributed by atoms with E-state index >= 15 is 4.39 Å². The summed E-state index contributed by atoms with van der Waals surface area (Å²) in [7, 11) is 1.29. The number of halogens is 3. The third-order valence-electron chi connectivity index (χ3n) is 8.08. The number of amidine groups is 1. The second-order valence-electron chi connectivity index (χ2n) is 10.9. The monoisotopic (exact) mass is 640 g/mol. The molecule has 3 aromatic rings. The largest absolute Gasteiger partial charge is 0.466 e. The van der Waals surface area contributed by atoms with Crippen LogP contribution in [0.15, 0.2) is 64.2 Å². The summed E-state index contributed by atoms with van der Waals surface area (Å²) in [5.74, 6) is -1.05. The zero-order valence-electron chi connectivity index (χ0n) is 24.2. The summed E-state index contributed by atoms with van der Waals surface area (Å²) < 4.78 is 34.2. The van der Waals surface area contributed by atoms with Gasteiger partial charge in [-0.1, -0.05) is 37.1 Å². The fraction of sp³-hybridized carbons (Fsp3) is 0.355. The lowest BCUT2D eigenvalue weighted by Gasteiger charge is -2.38. The molecule has 6 rings (SSSR count). The quantitative estimate of drug-likeness (QED) is 0.342. The number of aromatic nitrogens is 1. The van der Waals surface area contributed by atoms with Crippen molar-refractivity contribution >= 4 is 46.5 Å². The number of rotatable bonds is 8. The Balaban J connectivity index is 1.28. The lowest BCUT2D eigenvalue weighted by atomic mass is 9.95. The Morgan fingerprint density at radius 3 is 2.73 bits per heavy atom. The number of carbonyl (C=O) groups excluding carboxylic acids is 2. The van der Waals surface area contributed by atoms with E-state index in [9.17, 15) is 14.0 Å². The van der Waals surface area contributed by atoms with Gasteiger partial charge < -0.3 is 15.0 Å². The van der Waals surface area contributed by atoms with Crippen molar-refractivity contribution in [3.8, 4) is 0 Å². The van der Waals surface area contributed by atoms with E-state index in [1.165, 1.54) is 47.6 Å². The number of piperazine rings is 1. The van der Waals surface area contributed by atoms with Crippen molar-refractivity contribution in [1.29, 1.82) is 0 Å². The first-order chi connectivity index (χ1) is 21.3. The Morgan fingerprint density at radius 1 is 1.18 bits per heavy atom. The fourth-order valence-corrected chi connectivity index (χ4v) is 6.88. The van der Waals surface area contributed by atoms with Crippen LogP contribution in [0.3, 0.4) is 0 Å². The number of urea groups is 1. The molecule has 0 spiro atoms. The highest BCUT2D eigenvalue weighted by molar-refractivity contribution is 7.11. The molecule has 1 N–H and O–H groups in total. The molecule has 2 amide bonds. The van der Waals surface area contributed by atoms with Crippen molar-refractivity contribution < 1.29 is 23.1 Å². The number of carbonyl (C=O) groups is 2. The van der Waals surface area contributed by atoms with E-state index in [0.29, 0.717) is 54.8 Å². The van der Waals surface area contributed by atoms with Gasteiger partial charge in [0, 0.05) is 60.6 Å². The maximum Gasteiger partial charge on any atom is 0.338 e. The van der Waals surface area contributed by atoms with Crippen LogP contribution in [-0.2, 0) is 16.0 Å². The van der Waals surface area contributed by atoms with Crippen LogP contribution in [0.5, 0.6) is 0 Å². The average molecular weight is 641 g/mol. The van der Waals surface area contributed by atoms with Gasteiger partial charge in [-0.25, -0.2) is 23.4 Å². The van der Waals surface area contributed by atoms with E-state index in [-0.39, 0.29) is 28.4 Å². The summed E-state index contributed by atoms with van der Waals surface area (Å²) in [5, 5.41) is 5.87. The second-order valence-corrected chi connectivity index (χ2v) is 12.2. The van der Waals surface area contributed by atoms with Gasteiger partial charge in [-0.3, -0.25) is 14.8 Å². The predicted octanol–water partition coefficient (Wildman–Crippen LogP) is 5.17. The number of methoxy groups -OCH3 is 1. The maximum atomic E-state index is 15.1. The van der Waals surface area contributed by atoms with Gasteiger partial charge in [-0.05, 0) is 36.2 Å². The van der Waals surface area contributed by atoms with Gasteiger partial charge in [0.1, 0.15) is 17.7 Å². The minimum Gasteiger partial charge on any atom is -0.466 e. The van der Waals surface area contributed by atoms with E-state index in [1.807, 2.05) is 18.4 Å². The Kier molecular flexibility index (Phi) is 8.66. The zero-order valence-corrected chi connectivity index (χ0v) is 25.8. The van der Waals surface area contributed by atoms with Crippen LogP contribution in [-0.4, -0.2) is 78.5 Å². The molecule has 2 fully saturated rings. The first kappa shape index (κ1) is 30.2. The predicted molar refractivity (Wildman–Crippen MR) is 165 cm³/mol. The number of nitrogens with one attached hydrogen (secondary N) is 1. The van der Waals surface area contributed by atoms with Crippen molar-refractivity contribution in [2.75, 3.05) is 44.7 Å². The van der Waals surface area contributed by atoms with E-state index in [2.05, 4.69) is 15.2 Å². The number of hydrogen-bond acceptors (Lipinski definition) is 8. The van der Waals surface area contributed by atoms with Gasteiger partial charge >= 0.3 is 12.0 Å². The summed E-state index contributed by atoms with van der Waals surface area (Å²) in [4.78, 5) is 41.2. The number of aryl methyl sites for hydroxylation is 1. The van der Waals surface area contributed by atoms with Crippen LogP contribution in [0, 0.1) is 11.6 Å². The van der Waals surface area contributed by atoms with Gasteiger partial charge in [0.15, 0.2) is 10.8 Å². The molecule has 230 valence electrons. The molecule has 4 heterocycles. The number of anilines is 1. The number of esters is 1. The van der Waals surface area contributed by atoms with Gasteiger partial charge in [0.2, 0.25) is 0 Å². The molecule has 0 unspecified atom stereocenters. The molecular formula is C31H31ClF2N6O3S. The number of nitrogens with zero attached hydrogens (tertiary/aromatic N) is 5. The lowest BCUT2D eigenvalue weighted by Crippen LogP contribution is -2.53. The van der Waals surface area contributed by atoms with Crippen LogP contribution in [0.2, 0.25) is 5.02 Å². The molecule has 0 radical (unpaired) electrons. The molecule has 0 bridgehead atoms. The van der Waals surface area contributed by atoms with Crippen molar-refractivity contribution in [3.05, 3.63) is 92.0 Å². The molecule has 2 aromatic carbocycles. The summed E-state index contributed by atoms with van der Waals surface area (Å²) in [6.45, 7) is 4.16. The highest BCUT2D eigenvalue weighted by atomic mass is 35.5. The van der Waals surface area contributed by atoms with Crippen molar-refractivity contribution in [2.45, 2.75) is 31.8 Å². The molecule has 1 aromatic heterocycles. The normalized spacial score (nSPS) is 20.5. The number of aliphatic imine (C=N–C) groups is 1. The Hall–Kier alpha value is -3.87. The molecule has 44 heavy (non-hydrogen) atoms. The van der Waals surface area contributed by atoms with Crippen molar-refractivity contribution in [1.82, 2.24) is 20.1 Å². The summed E-state index contributed by atoms with van der Waals surface area (Å²) in [6, 6.07) is 7.80. The van der Waals surface area contributed by atoms with Crippen LogP contribution < -0.4 is 10.2 Å². The second kappa shape index (κ2) is 12.6. The minimum absolute atomic E-state index is 0.132. The molecule has 0 saturated carbocycles. The number of fused-ring (bicyclic) bond motifs is 1. The standard InChI is InChI=1S/C31H31ClF2N6O3S/c1-3-4-18-5-8-25(23(34)13-18)40-16-20-15-38(10-11-39(20)31(40)42)17-24-26(30(41)43-2)27(21-7-6-19(33)14-22(21)32)37-28(36-24)29-35-9-12-44-29/h5-9,12-14,20,27H,3-4,10-11,15-17H2,1-2H3,(H,36,37)/t20-,27-/m0/s1. The van der Waals surface area contributed by atoms with Gasteiger partial charge in [-0.2, -0.15) is 0 Å². The molecule has 9 nitrogen and oxygen atoms in total. The first-order valence-corrected chi connectivity index (χ1v) is 15.6. The third-order valence-corrected chi connectivity index (χ3v) is 9.19. The van der Waals surface area contributed by atoms with Gasteiger partial charge in [-0.15, -0.1) is 11.3 Å². The summed E-state index contributed by atoms with van der Waals surface area (Å²) >= 11 is 7.85. The highest BCUT2D eigenvalue weighted by Crippen LogP contribution is 2.37. The topological polar surface area (TPSA) is 90.4 Å². The van der Waals surface area contributed by atoms with Gasteiger partial charge in [0.05, 0.1) is 24.4 Å². The number of amides is 2. The summed E-state index contributed by atoms with van der Waals surface area (Å²) in [5.41, 5.74) is 2.44. The van der Waals surface area contributed by atoms with E-state index in [0.717, 1.165) is 18.4 Å². The SMILES string of the molecule is CCCc1ccc(N2C[C@@H]3CN(CC4=C(C(=O)OC)[C@H](c5ccc(F)cc5Cl)N=C(c5nccs5)N4)CCN3C2=O)c(F)c1. The van der Waals surface area contributed by atoms with E-state index in [1.54, 1.807) is 17.2 Å². The average Bonchev–Trinajstić information content (AvgIpc) is 3.65. The third kappa shape index (κ3) is 5.81. The Morgan fingerprint density at radius 2 is 2.02 bits per heavy atom.